The molecule has 0 atom stereocenters. The number of carbonyl (C=O) groups excluding carboxylic acids is 1. The highest BCUT2D eigenvalue weighted by Gasteiger charge is 2.35. The monoisotopic (exact) mass is 547 g/mol. The maximum Gasteiger partial charge on any atom is 0.416 e. The maximum atomic E-state index is 13.9. The van der Waals surface area contributed by atoms with E-state index in [1.807, 2.05) is 30.3 Å². The van der Waals surface area contributed by atoms with E-state index < -0.39 is 34.2 Å². The molecule has 0 radical (unpaired) electrons. The van der Waals surface area contributed by atoms with Crippen LogP contribution in [-0.2, 0) is 21.0 Å². The summed E-state index contributed by atoms with van der Waals surface area (Å²) >= 11 is 0. The summed E-state index contributed by atoms with van der Waals surface area (Å²) in [6, 6.07) is 18.1. The summed E-state index contributed by atoms with van der Waals surface area (Å²) in [5.74, 6) is -0.484. The number of piperazine rings is 1. The van der Waals surface area contributed by atoms with Crippen molar-refractivity contribution in [3.8, 4) is 5.75 Å². The third kappa shape index (κ3) is 5.88. The number of para-hydroxylation sites is 1. The third-order valence-electron chi connectivity index (χ3n) is 6.38. The van der Waals surface area contributed by atoms with Gasteiger partial charge in [0.15, 0.2) is 0 Å². The number of sulfonamides is 1. The molecule has 0 aliphatic carbocycles. The zero-order chi connectivity index (χ0) is 27.5. The first-order chi connectivity index (χ1) is 18.0. The molecule has 0 N–H and O–H groups in total. The summed E-state index contributed by atoms with van der Waals surface area (Å²) < 4.78 is 74.2. The molecule has 3 aromatic rings. The molecule has 1 amide bonds. The van der Waals surface area contributed by atoms with E-state index in [0.717, 1.165) is 28.2 Å². The van der Waals surface area contributed by atoms with Crippen LogP contribution in [0.4, 0.5) is 24.5 Å². The highest BCUT2D eigenvalue weighted by Crippen LogP contribution is 2.35. The number of nitrogens with zero attached hydrogens (tertiary/aromatic N) is 3. The number of alkyl halides is 3. The van der Waals surface area contributed by atoms with Gasteiger partial charge in [0.1, 0.15) is 17.2 Å². The molecule has 0 aromatic heterocycles. The Morgan fingerprint density at radius 2 is 1.63 bits per heavy atom. The second-order valence-corrected chi connectivity index (χ2v) is 10.7. The second kappa shape index (κ2) is 10.9. The van der Waals surface area contributed by atoms with Crippen molar-refractivity contribution in [1.29, 1.82) is 0 Å². The van der Waals surface area contributed by atoms with Crippen molar-refractivity contribution in [2.75, 3.05) is 49.0 Å². The number of anilines is 2. The van der Waals surface area contributed by atoms with Crippen LogP contribution >= 0.6 is 0 Å². The average molecular weight is 548 g/mol. The molecule has 0 unspecified atom stereocenters. The lowest BCUT2D eigenvalue weighted by Crippen LogP contribution is -2.52. The minimum Gasteiger partial charge on any atom is -0.495 e. The van der Waals surface area contributed by atoms with Gasteiger partial charge in [0.2, 0.25) is 5.91 Å². The maximum absolute atomic E-state index is 13.9. The van der Waals surface area contributed by atoms with Gasteiger partial charge in [0, 0.05) is 31.9 Å². The summed E-state index contributed by atoms with van der Waals surface area (Å²) in [6.07, 6.45) is -4.69. The van der Waals surface area contributed by atoms with Crippen molar-refractivity contribution in [3.05, 3.63) is 83.9 Å². The van der Waals surface area contributed by atoms with Crippen molar-refractivity contribution < 1.29 is 31.1 Å². The smallest absolute Gasteiger partial charge is 0.416 e. The van der Waals surface area contributed by atoms with E-state index in [0.29, 0.717) is 31.7 Å². The SMILES string of the molecule is COc1ccc(C)cc1S(=O)(=O)N(CC(=O)N1CCN(c2ccccc2)CC1)c1cccc(C(F)(F)F)c1. The second-order valence-electron chi connectivity index (χ2n) is 8.92. The minimum absolute atomic E-state index is 0.0245. The summed E-state index contributed by atoms with van der Waals surface area (Å²) in [5.41, 5.74) is 0.339. The number of carbonyl (C=O) groups is 1. The first kappa shape index (κ1) is 27.3. The largest absolute Gasteiger partial charge is 0.495 e. The van der Waals surface area contributed by atoms with E-state index in [1.165, 1.54) is 30.2 Å². The average Bonchev–Trinajstić information content (AvgIpc) is 2.91. The van der Waals surface area contributed by atoms with Gasteiger partial charge in [-0.05, 0) is 55.0 Å². The van der Waals surface area contributed by atoms with E-state index >= 15 is 0 Å². The Bertz CT molecular complexity index is 1390. The number of amides is 1. The van der Waals surface area contributed by atoms with Gasteiger partial charge < -0.3 is 14.5 Å². The Morgan fingerprint density at radius 3 is 2.26 bits per heavy atom. The number of ether oxygens (including phenoxy) is 1. The number of hydrogen-bond donors (Lipinski definition) is 0. The predicted octanol–water partition coefficient (Wildman–Crippen LogP) is 4.57. The fourth-order valence-electron chi connectivity index (χ4n) is 4.33. The lowest BCUT2D eigenvalue weighted by atomic mass is 10.2. The van der Waals surface area contributed by atoms with Crippen LogP contribution in [0.5, 0.6) is 5.75 Å². The molecular formula is C27H28F3N3O4S. The van der Waals surface area contributed by atoms with Gasteiger partial charge in [0.25, 0.3) is 10.0 Å². The molecular weight excluding hydrogens is 519 g/mol. The first-order valence-corrected chi connectivity index (χ1v) is 13.4. The Balaban J connectivity index is 1.65. The number of rotatable bonds is 7. The lowest BCUT2D eigenvalue weighted by Gasteiger charge is -2.37. The molecule has 1 aliphatic rings. The summed E-state index contributed by atoms with van der Waals surface area (Å²) in [7, 11) is -3.18. The quantitative estimate of drug-likeness (QED) is 0.434. The van der Waals surface area contributed by atoms with Crippen molar-refractivity contribution in [2.24, 2.45) is 0 Å². The van der Waals surface area contributed by atoms with Crippen LogP contribution < -0.4 is 13.9 Å². The molecule has 3 aromatic carbocycles. The van der Waals surface area contributed by atoms with Crippen LogP contribution in [0.25, 0.3) is 0 Å². The van der Waals surface area contributed by atoms with Gasteiger partial charge >= 0.3 is 6.18 Å². The van der Waals surface area contributed by atoms with Gasteiger partial charge in [-0.1, -0.05) is 30.3 Å². The molecule has 0 spiro atoms. The molecule has 7 nitrogen and oxygen atoms in total. The van der Waals surface area contributed by atoms with Crippen LogP contribution in [0.3, 0.4) is 0 Å². The Hall–Kier alpha value is -3.73. The van der Waals surface area contributed by atoms with Gasteiger partial charge in [0.05, 0.1) is 18.4 Å². The highest BCUT2D eigenvalue weighted by atomic mass is 32.2. The molecule has 1 heterocycles. The van der Waals surface area contributed by atoms with Crippen molar-refractivity contribution >= 4 is 27.3 Å². The van der Waals surface area contributed by atoms with Gasteiger partial charge in [-0.15, -0.1) is 0 Å². The van der Waals surface area contributed by atoms with Crippen molar-refractivity contribution in [1.82, 2.24) is 4.90 Å². The van der Waals surface area contributed by atoms with Crippen LogP contribution in [0.1, 0.15) is 11.1 Å². The summed E-state index contributed by atoms with van der Waals surface area (Å²) in [6.45, 7) is 2.79. The summed E-state index contributed by atoms with van der Waals surface area (Å²) in [4.78, 5) is 16.8. The number of benzene rings is 3. The Morgan fingerprint density at radius 1 is 0.947 bits per heavy atom. The highest BCUT2D eigenvalue weighted by molar-refractivity contribution is 7.93. The molecule has 1 fully saturated rings. The van der Waals surface area contributed by atoms with Crippen LogP contribution in [0, 0.1) is 6.92 Å². The fourth-order valence-corrected chi connectivity index (χ4v) is 5.98. The normalized spacial score (nSPS) is 14.3. The molecule has 1 saturated heterocycles. The zero-order valence-corrected chi connectivity index (χ0v) is 21.8. The van der Waals surface area contributed by atoms with E-state index in [9.17, 15) is 26.4 Å². The van der Waals surface area contributed by atoms with E-state index in [2.05, 4.69) is 4.90 Å². The lowest BCUT2D eigenvalue weighted by molar-refractivity contribution is -0.137. The van der Waals surface area contributed by atoms with E-state index in [4.69, 9.17) is 4.74 Å². The molecule has 38 heavy (non-hydrogen) atoms. The fraction of sp³-hybridized carbons (Fsp3) is 0.296. The van der Waals surface area contributed by atoms with Crippen LogP contribution in [-0.4, -0.2) is 59.1 Å². The van der Waals surface area contributed by atoms with E-state index in [-0.39, 0.29) is 16.3 Å². The van der Waals surface area contributed by atoms with Gasteiger partial charge in [-0.25, -0.2) is 8.42 Å². The van der Waals surface area contributed by atoms with Crippen molar-refractivity contribution in [2.45, 2.75) is 18.0 Å². The molecule has 0 saturated carbocycles. The zero-order valence-electron chi connectivity index (χ0n) is 21.0. The third-order valence-corrected chi connectivity index (χ3v) is 8.18. The number of aryl methyl sites for hydroxylation is 1. The Labute approximate surface area is 220 Å². The van der Waals surface area contributed by atoms with E-state index in [1.54, 1.807) is 13.0 Å². The molecule has 4 rings (SSSR count). The number of hydrogen-bond acceptors (Lipinski definition) is 5. The molecule has 11 heteroatoms. The number of halogens is 3. The molecule has 202 valence electrons. The number of methoxy groups -OCH3 is 1. The Kier molecular flexibility index (Phi) is 7.86. The van der Waals surface area contributed by atoms with Crippen LogP contribution in [0.15, 0.2) is 77.7 Å². The molecule has 0 bridgehead atoms. The topological polar surface area (TPSA) is 70.2 Å². The first-order valence-electron chi connectivity index (χ1n) is 11.9. The summed E-state index contributed by atoms with van der Waals surface area (Å²) in [5, 5.41) is 0. The standard InChI is InChI=1S/C27H28F3N3O4S/c1-20-11-12-24(37-2)25(17-20)38(35,36)33(23-10-6-7-21(18-23)27(28,29)30)19-26(34)32-15-13-31(14-16-32)22-8-4-3-5-9-22/h3-12,17-18H,13-16,19H2,1-2H3. The minimum atomic E-state index is -4.69. The predicted molar refractivity (Wildman–Crippen MR) is 139 cm³/mol. The van der Waals surface area contributed by atoms with Crippen molar-refractivity contribution in [3.63, 3.8) is 0 Å². The molecule has 1 aliphatic heterocycles. The van der Waals surface area contributed by atoms with Crippen LogP contribution in [0.2, 0.25) is 0 Å². The van der Waals surface area contributed by atoms with Gasteiger partial charge in [-0.3, -0.25) is 9.10 Å². The van der Waals surface area contributed by atoms with Gasteiger partial charge in [-0.2, -0.15) is 13.2 Å².